The maximum atomic E-state index is 5.63. The summed E-state index contributed by atoms with van der Waals surface area (Å²) in [5.41, 5.74) is 1.04. The molecular weight excluding hydrogens is 180 g/mol. The van der Waals surface area contributed by atoms with E-state index in [9.17, 15) is 0 Å². The zero-order valence-electron chi connectivity index (χ0n) is 7.20. The molecule has 0 aliphatic carbocycles. The van der Waals surface area contributed by atoms with Gasteiger partial charge in [-0.15, -0.1) is 11.3 Å². The number of benzene rings is 1. The molecule has 0 N–H and O–H groups in total. The highest BCUT2D eigenvalue weighted by Crippen LogP contribution is 2.35. The van der Waals surface area contributed by atoms with E-state index < -0.39 is 0 Å². The fourth-order valence-corrected chi connectivity index (χ4v) is 2.74. The van der Waals surface area contributed by atoms with Gasteiger partial charge in [0.05, 0.1) is 4.70 Å². The van der Waals surface area contributed by atoms with Crippen LogP contribution in [0, 0.1) is 6.92 Å². The lowest BCUT2D eigenvalue weighted by molar-refractivity contribution is 0.582. The lowest BCUT2D eigenvalue weighted by Crippen LogP contribution is -1.60. The van der Waals surface area contributed by atoms with Crippen LogP contribution in [0.2, 0.25) is 0 Å². The van der Waals surface area contributed by atoms with Crippen molar-refractivity contribution in [2.24, 2.45) is 0 Å². The highest BCUT2D eigenvalue weighted by molar-refractivity contribution is 7.25. The van der Waals surface area contributed by atoms with Gasteiger partial charge in [-0.1, -0.05) is 12.1 Å². The van der Waals surface area contributed by atoms with Gasteiger partial charge in [0.2, 0.25) is 0 Å². The quantitative estimate of drug-likeness (QED) is 0.520. The summed E-state index contributed by atoms with van der Waals surface area (Å²) < 4.78 is 8.18. The first-order valence-electron chi connectivity index (χ1n) is 4.22. The Hall–Kier alpha value is -1.28. The number of aryl methyl sites for hydroxylation is 1. The molecule has 2 aromatic heterocycles. The fourth-order valence-electron chi connectivity index (χ4n) is 1.62. The first-order valence-corrected chi connectivity index (χ1v) is 5.04. The molecule has 0 saturated carbocycles. The standard InChI is InChI=1S/C11H8OS/c1-7-6-10-11(12-7)8-4-2-3-5-9(8)13-10/h2-6H,1H3. The van der Waals surface area contributed by atoms with Crippen molar-refractivity contribution < 1.29 is 4.42 Å². The van der Waals surface area contributed by atoms with E-state index in [1.54, 1.807) is 11.3 Å². The molecular formula is C11H8OS. The second-order valence-electron chi connectivity index (χ2n) is 3.15. The average Bonchev–Trinajstić information content (AvgIpc) is 2.60. The zero-order chi connectivity index (χ0) is 8.84. The summed E-state index contributed by atoms with van der Waals surface area (Å²) in [6.07, 6.45) is 0. The van der Waals surface area contributed by atoms with Crippen LogP contribution in [0.5, 0.6) is 0 Å². The maximum absolute atomic E-state index is 5.63. The molecule has 2 heterocycles. The third-order valence-corrected chi connectivity index (χ3v) is 3.27. The number of rotatable bonds is 0. The molecule has 1 nitrogen and oxygen atoms in total. The van der Waals surface area contributed by atoms with E-state index in [0.717, 1.165) is 11.3 Å². The van der Waals surface area contributed by atoms with E-state index in [2.05, 4.69) is 24.3 Å². The normalized spacial score (nSPS) is 11.5. The molecule has 0 atom stereocenters. The van der Waals surface area contributed by atoms with Gasteiger partial charge < -0.3 is 4.42 Å². The Morgan fingerprint density at radius 2 is 2.00 bits per heavy atom. The lowest BCUT2D eigenvalue weighted by atomic mass is 10.2. The number of hydrogen-bond acceptors (Lipinski definition) is 2. The summed E-state index contributed by atoms with van der Waals surface area (Å²) in [6, 6.07) is 10.4. The largest absolute Gasteiger partial charge is 0.460 e. The van der Waals surface area contributed by atoms with Gasteiger partial charge in [-0.05, 0) is 25.1 Å². The Labute approximate surface area is 79.6 Å². The Kier molecular flexibility index (Phi) is 1.30. The molecule has 0 radical (unpaired) electrons. The van der Waals surface area contributed by atoms with Crippen LogP contribution < -0.4 is 0 Å². The van der Waals surface area contributed by atoms with Gasteiger partial charge in [0.15, 0.2) is 5.58 Å². The third kappa shape index (κ3) is 0.923. The van der Waals surface area contributed by atoms with Gasteiger partial charge in [-0.3, -0.25) is 0 Å². The number of hydrogen-bond donors (Lipinski definition) is 0. The third-order valence-electron chi connectivity index (χ3n) is 2.17. The van der Waals surface area contributed by atoms with Crippen molar-refractivity contribution in [1.82, 2.24) is 0 Å². The van der Waals surface area contributed by atoms with Crippen LogP contribution in [0.1, 0.15) is 5.76 Å². The van der Waals surface area contributed by atoms with Crippen molar-refractivity contribution in [1.29, 1.82) is 0 Å². The minimum atomic E-state index is 0.993. The minimum absolute atomic E-state index is 0.993. The van der Waals surface area contributed by atoms with Crippen molar-refractivity contribution in [3.8, 4) is 0 Å². The summed E-state index contributed by atoms with van der Waals surface area (Å²) in [6.45, 7) is 1.99. The van der Waals surface area contributed by atoms with Crippen molar-refractivity contribution in [3.63, 3.8) is 0 Å². The van der Waals surface area contributed by atoms with Crippen molar-refractivity contribution in [2.45, 2.75) is 6.92 Å². The van der Waals surface area contributed by atoms with Crippen LogP contribution in [0.3, 0.4) is 0 Å². The molecule has 64 valence electrons. The summed E-state index contributed by atoms with van der Waals surface area (Å²) in [7, 11) is 0. The minimum Gasteiger partial charge on any atom is -0.460 e. The number of furan rings is 1. The SMILES string of the molecule is Cc1cc2sc3ccccc3c2o1. The van der Waals surface area contributed by atoms with E-state index in [0.29, 0.717) is 0 Å². The topological polar surface area (TPSA) is 13.1 Å². The van der Waals surface area contributed by atoms with E-state index in [-0.39, 0.29) is 0 Å². The first-order chi connectivity index (χ1) is 6.34. The molecule has 0 unspecified atom stereocenters. The van der Waals surface area contributed by atoms with Crippen LogP contribution in [-0.2, 0) is 0 Å². The highest BCUT2D eigenvalue weighted by atomic mass is 32.1. The maximum Gasteiger partial charge on any atom is 0.152 e. The van der Waals surface area contributed by atoms with Gasteiger partial charge >= 0.3 is 0 Å². The molecule has 0 fully saturated rings. The molecule has 3 rings (SSSR count). The van der Waals surface area contributed by atoms with E-state index in [4.69, 9.17) is 4.42 Å². The molecule has 0 spiro atoms. The van der Waals surface area contributed by atoms with Crippen molar-refractivity contribution >= 4 is 31.7 Å². The molecule has 0 saturated heterocycles. The van der Waals surface area contributed by atoms with E-state index in [1.807, 2.05) is 13.0 Å². The van der Waals surface area contributed by atoms with Gasteiger partial charge in [0.1, 0.15) is 5.76 Å². The van der Waals surface area contributed by atoms with Gasteiger partial charge in [-0.25, -0.2) is 0 Å². The van der Waals surface area contributed by atoms with Crippen LogP contribution in [0.4, 0.5) is 0 Å². The lowest BCUT2D eigenvalue weighted by Gasteiger charge is -1.86. The molecule has 1 aromatic carbocycles. The van der Waals surface area contributed by atoms with Crippen LogP contribution >= 0.6 is 11.3 Å². The monoisotopic (exact) mass is 188 g/mol. The molecule has 0 bridgehead atoms. The molecule has 13 heavy (non-hydrogen) atoms. The van der Waals surface area contributed by atoms with Gasteiger partial charge in [0, 0.05) is 10.1 Å². The molecule has 0 aliphatic rings. The first kappa shape index (κ1) is 7.15. The highest BCUT2D eigenvalue weighted by Gasteiger charge is 2.07. The van der Waals surface area contributed by atoms with Gasteiger partial charge in [0.25, 0.3) is 0 Å². The Morgan fingerprint density at radius 1 is 1.15 bits per heavy atom. The van der Waals surface area contributed by atoms with Crippen LogP contribution in [0.25, 0.3) is 20.4 Å². The predicted octanol–water partition coefficient (Wildman–Crippen LogP) is 3.96. The Bertz CT molecular complexity index is 574. The molecule has 3 aromatic rings. The number of fused-ring (bicyclic) bond motifs is 3. The smallest absolute Gasteiger partial charge is 0.152 e. The second-order valence-corrected chi connectivity index (χ2v) is 4.23. The zero-order valence-corrected chi connectivity index (χ0v) is 8.02. The molecule has 0 aliphatic heterocycles. The van der Waals surface area contributed by atoms with Gasteiger partial charge in [-0.2, -0.15) is 0 Å². The summed E-state index contributed by atoms with van der Waals surface area (Å²) in [5.74, 6) is 0.993. The average molecular weight is 188 g/mol. The molecule has 2 heteroatoms. The Morgan fingerprint density at radius 3 is 2.92 bits per heavy atom. The predicted molar refractivity (Wildman–Crippen MR) is 56.3 cm³/mol. The molecule has 0 amide bonds. The van der Waals surface area contributed by atoms with Crippen molar-refractivity contribution in [3.05, 3.63) is 36.1 Å². The fraction of sp³-hybridized carbons (Fsp3) is 0.0909. The summed E-state index contributed by atoms with van der Waals surface area (Å²) in [5, 5.41) is 1.23. The number of thiophene rings is 1. The second kappa shape index (κ2) is 2.36. The van der Waals surface area contributed by atoms with E-state index in [1.165, 1.54) is 14.8 Å². The Balaban J connectivity index is 2.60. The van der Waals surface area contributed by atoms with Crippen LogP contribution in [0.15, 0.2) is 34.7 Å². The summed E-state index contributed by atoms with van der Waals surface area (Å²) >= 11 is 1.79. The van der Waals surface area contributed by atoms with E-state index >= 15 is 0 Å². The van der Waals surface area contributed by atoms with Crippen LogP contribution in [-0.4, -0.2) is 0 Å². The van der Waals surface area contributed by atoms with Crippen molar-refractivity contribution in [2.75, 3.05) is 0 Å². The summed E-state index contributed by atoms with van der Waals surface area (Å²) in [4.78, 5) is 0.